The molecule has 5 aromatic rings. The van der Waals surface area contributed by atoms with Crippen molar-refractivity contribution in [3.8, 4) is 22.9 Å². The van der Waals surface area contributed by atoms with Gasteiger partial charge in [0, 0.05) is 25.8 Å². The number of methoxy groups -OCH3 is 2. The Bertz CT molecular complexity index is 2110. The molecule has 1 aliphatic rings. The highest BCUT2D eigenvalue weighted by Gasteiger charge is 2.31. The molecule has 1 unspecified atom stereocenters. The van der Waals surface area contributed by atoms with Crippen LogP contribution in [0.15, 0.2) is 71.8 Å². The van der Waals surface area contributed by atoms with Gasteiger partial charge < -0.3 is 19.5 Å². The number of halogens is 4. The van der Waals surface area contributed by atoms with Gasteiger partial charge in [-0.25, -0.2) is 27.5 Å². The van der Waals surface area contributed by atoms with Crippen molar-refractivity contribution in [1.29, 1.82) is 0 Å². The summed E-state index contributed by atoms with van der Waals surface area (Å²) in [6, 6.07) is 14.8. The van der Waals surface area contributed by atoms with Crippen LogP contribution in [0.1, 0.15) is 36.6 Å². The normalized spacial score (nSPS) is 15.2. The van der Waals surface area contributed by atoms with Crippen molar-refractivity contribution < 1.29 is 40.2 Å². The Labute approximate surface area is 285 Å². The number of fused-ring (bicyclic) bond motifs is 1. The molecule has 0 aliphatic carbocycles. The average molecular weight is 715 g/mol. The second-order valence-corrected chi connectivity index (χ2v) is 13.6. The summed E-state index contributed by atoms with van der Waals surface area (Å²) in [7, 11) is 0.117. The second kappa shape index (κ2) is 14.1. The zero-order valence-corrected chi connectivity index (χ0v) is 28.2. The van der Waals surface area contributed by atoms with Gasteiger partial charge in [-0.05, 0) is 72.9 Å². The minimum absolute atomic E-state index is 0.00970. The Morgan fingerprint density at radius 2 is 1.80 bits per heavy atom. The van der Waals surface area contributed by atoms with Gasteiger partial charge in [-0.1, -0.05) is 18.2 Å². The summed E-state index contributed by atoms with van der Waals surface area (Å²) in [6.45, 7) is 0.483. The molecule has 0 radical (unpaired) electrons. The molecule has 0 spiro atoms. The Balaban J connectivity index is 1.46. The molecule has 1 fully saturated rings. The number of hydrogen-bond acceptors (Lipinski definition) is 9. The molecule has 50 heavy (non-hydrogen) atoms. The fourth-order valence-electron chi connectivity index (χ4n) is 5.83. The molecule has 0 amide bonds. The van der Waals surface area contributed by atoms with Crippen molar-refractivity contribution in [1.82, 2.24) is 19.7 Å². The van der Waals surface area contributed by atoms with Gasteiger partial charge in [0.2, 0.25) is 0 Å². The average Bonchev–Trinajstić information content (AvgIpc) is 3.55. The van der Waals surface area contributed by atoms with Crippen molar-refractivity contribution in [3.63, 3.8) is 0 Å². The van der Waals surface area contributed by atoms with Crippen LogP contribution in [0.5, 0.6) is 11.5 Å². The zero-order chi connectivity index (χ0) is 35.6. The molecule has 16 heteroatoms. The summed E-state index contributed by atoms with van der Waals surface area (Å²) in [6.07, 6.45) is -2.62. The van der Waals surface area contributed by atoms with E-state index in [1.807, 2.05) is 0 Å². The Hall–Kier alpha value is -4.96. The van der Waals surface area contributed by atoms with E-state index in [0.29, 0.717) is 35.4 Å². The number of nitrogens with zero attached hydrogens (tertiary/aromatic N) is 5. The Kier molecular flexibility index (Phi) is 9.84. The van der Waals surface area contributed by atoms with Gasteiger partial charge >= 0.3 is 6.18 Å². The van der Waals surface area contributed by atoms with E-state index >= 15 is 4.39 Å². The van der Waals surface area contributed by atoms with Crippen LogP contribution < -0.4 is 19.1 Å². The van der Waals surface area contributed by atoms with Crippen LogP contribution in [-0.2, 0) is 27.7 Å². The highest BCUT2D eigenvalue weighted by molar-refractivity contribution is 7.92. The molecule has 6 rings (SSSR count). The van der Waals surface area contributed by atoms with E-state index in [-0.39, 0.29) is 45.6 Å². The lowest BCUT2D eigenvalue weighted by Gasteiger charge is -2.24. The number of alkyl halides is 3. The molecule has 3 aromatic carbocycles. The molecule has 264 valence electrons. The predicted octanol–water partition coefficient (Wildman–Crippen LogP) is 6.89. The molecule has 1 N–H and O–H groups in total. The first-order valence-corrected chi connectivity index (χ1v) is 17.1. The number of aromatic nitrogens is 4. The van der Waals surface area contributed by atoms with E-state index in [1.165, 1.54) is 32.5 Å². The van der Waals surface area contributed by atoms with Crippen molar-refractivity contribution in [2.75, 3.05) is 37.5 Å². The lowest BCUT2D eigenvalue weighted by Crippen LogP contribution is -2.27. The molecule has 0 bridgehead atoms. The molecular weight excluding hydrogens is 680 g/mol. The van der Waals surface area contributed by atoms with Crippen molar-refractivity contribution in [2.24, 2.45) is 0 Å². The number of rotatable bonds is 11. The Morgan fingerprint density at radius 1 is 1.02 bits per heavy atom. The van der Waals surface area contributed by atoms with Gasteiger partial charge in [0.15, 0.2) is 29.3 Å². The standard InChI is InChI=1S/C34H34F4N6O5S/c1-43(50(45,46)24-9-5-4-6-10-24)28-13-12-23(47-2)15-22(28)19-39-31-26-20-40-44(30-11-7-8-14-49-30)33(26)42-32(41-31)25-17-27(35)29(48-3)16-21(25)18-34(36,37)38/h4-6,9-10,12-13,15-17,20,30H,7-8,11,14,18-19H2,1-3H3,(H,39,41,42). The minimum Gasteiger partial charge on any atom is -0.497 e. The third-order valence-corrected chi connectivity index (χ3v) is 10.2. The third kappa shape index (κ3) is 7.16. The van der Waals surface area contributed by atoms with Gasteiger partial charge in [-0.2, -0.15) is 18.3 Å². The topological polar surface area (TPSA) is 121 Å². The first-order chi connectivity index (χ1) is 23.9. The first kappa shape index (κ1) is 34.9. The van der Waals surface area contributed by atoms with E-state index < -0.39 is 34.7 Å². The molecule has 0 saturated carbocycles. The monoisotopic (exact) mass is 714 g/mol. The molecule has 3 heterocycles. The van der Waals surface area contributed by atoms with Crippen molar-refractivity contribution in [2.45, 2.75) is 49.5 Å². The van der Waals surface area contributed by atoms with Gasteiger partial charge in [-0.15, -0.1) is 0 Å². The van der Waals surface area contributed by atoms with Crippen LogP contribution >= 0.6 is 0 Å². The van der Waals surface area contributed by atoms with Crippen LogP contribution in [0.2, 0.25) is 0 Å². The number of sulfonamides is 1. The largest absolute Gasteiger partial charge is 0.497 e. The Morgan fingerprint density at radius 3 is 2.48 bits per heavy atom. The second-order valence-electron chi connectivity index (χ2n) is 11.6. The molecule has 1 atom stereocenters. The summed E-state index contributed by atoms with van der Waals surface area (Å²) in [5.41, 5.74) is 0.621. The van der Waals surface area contributed by atoms with Crippen LogP contribution in [0.25, 0.3) is 22.4 Å². The van der Waals surface area contributed by atoms with E-state index in [9.17, 15) is 21.6 Å². The molecule has 1 aliphatic heterocycles. The van der Waals surface area contributed by atoms with E-state index in [0.717, 1.165) is 36.4 Å². The summed E-state index contributed by atoms with van der Waals surface area (Å²) in [5.74, 6) is -0.804. The van der Waals surface area contributed by atoms with E-state index in [2.05, 4.69) is 20.4 Å². The summed E-state index contributed by atoms with van der Waals surface area (Å²) in [4.78, 5) is 9.30. The number of hydrogen-bond donors (Lipinski definition) is 1. The zero-order valence-electron chi connectivity index (χ0n) is 27.4. The number of benzene rings is 3. The van der Waals surface area contributed by atoms with Gasteiger partial charge in [0.1, 0.15) is 11.6 Å². The smallest absolute Gasteiger partial charge is 0.393 e. The van der Waals surface area contributed by atoms with Crippen LogP contribution in [0.4, 0.5) is 29.1 Å². The van der Waals surface area contributed by atoms with Crippen LogP contribution in [-0.4, -0.2) is 62.2 Å². The van der Waals surface area contributed by atoms with Crippen LogP contribution in [0.3, 0.4) is 0 Å². The highest BCUT2D eigenvalue weighted by atomic mass is 32.2. The quantitative estimate of drug-likeness (QED) is 0.146. The maximum atomic E-state index is 15.1. The van der Waals surface area contributed by atoms with Gasteiger partial charge in [-0.3, -0.25) is 4.31 Å². The van der Waals surface area contributed by atoms with E-state index in [4.69, 9.17) is 14.2 Å². The maximum absolute atomic E-state index is 15.1. The number of nitrogens with one attached hydrogen (secondary N) is 1. The maximum Gasteiger partial charge on any atom is 0.393 e. The number of anilines is 2. The lowest BCUT2D eigenvalue weighted by molar-refractivity contribution is -0.127. The highest BCUT2D eigenvalue weighted by Crippen LogP contribution is 2.36. The van der Waals surface area contributed by atoms with E-state index in [1.54, 1.807) is 41.1 Å². The van der Waals surface area contributed by atoms with Crippen molar-refractivity contribution >= 4 is 32.6 Å². The lowest BCUT2D eigenvalue weighted by atomic mass is 10.0. The molecule has 11 nitrogen and oxygen atoms in total. The summed E-state index contributed by atoms with van der Waals surface area (Å²) >= 11 is 0. The SMILES string of the molecule is COc1ccc(N(C)S(=O)(=O)c2ccccc2)c(CNc2nc(-c3cc(F)c(OC)cc3CC(F)(F)F)nc3c2cnn3C2CCCCO2)c1. The molecule has 2 aromatic heterocycles. The predicted molar refractivity (Wildman–Crippen MR) is 178 cm³/mol. The molecular formula is C34H34F4N6O5S. The van der Waals surface area contributed by atoms with Gasteiger partial charge in [0.25, 0.3) is 10.0 Å². The third-order valence-electron chi connectivity index (χ3n) is 8.37. The van der Waals surface area contributed by atoms with Crippen molar-refractivity contribution in [3.05, 3.63) is 83.8 Å². The minimum atomic E-state index is -4.63. The molecule has 1 saturated heterocycles. The number of ether oxygens (including phenoxy) is 3. The fourth-order valence-corrected chi connectivity index (χ4v) is 7.08. The first-order valence-electron chi connectivity index (χ1n) is 15.6. The van der Waals surface area contributed by atoms with Gasteiger partial charge in [0.05, 0.1) is 42.8 Å². The summed E-state index contributed by atoms with van der Waals surface area (Å²) < 4.78 is 102. The fraction of sp³-hybridized carbons (Fsp3) is 0.324. The van der Waals surface area contributed by atoms with Crippen LogP contribution in [0, 0.1) is 5.82 Å². The summed E-state index contributed by atoms with van der Waals surface area (Å²) in [5, 5.41) is 8.13.